The van der Waals surface area contributed by atoms with Crippen LogP contribution in [0.25, 0.3) is 10.4 Å². The molecule has 1 saturated heterocycles. The highest BCUT2D eigenvalue weighted by Gasteiger charge is 2.52. The van der Waals surface area contributed by atoms with Gasteiger partial charge in [0.1, 0.15) is 0 Å². The van der Waals surface area contributed by atoms with Crippen molar-refractivity contribution in [2.24, 2.45) is 5.11 Å². The number of carbonyl (C=O) groups is 2. The lowest BCUT2D eigenvalue weighted by Gasteiger charge is -2.51. The largest absolute Gasteiger partial charge is 0.399 e. The molecule has 4 aliphatic rings. The molecular formula is C38H49N9O5. The van der Waals surface area contributed by atoms with Gasteiger partial charge in [-0.15, -0.1) is 0 Å². The Morgan fingerprint density at radius 1 is 0.808 bits per heavy atom. The second kappa shape index (κ2) is 16.2. The molecule has 3 aromatic carbocycles. The lowest BCUT2D eigenvalue weighted by molar-refractivity contribution is -0.132. The summed E-state index contributed by atoms with van der Waals surface area (Å²) in [6, 6.07) is 17.8. The number of nitrogens with one attached hydrogen (secondary N) is 1. The van der Waals surface area contributed by atoms with Gasteiger partial charge in [-0.3, -0.25) is 9.59 Å². The Hall–Kier alpha value is -4.85. The van der Waals surface area contributed by atoms with Gasteiger partial charge < -0.3 is 46.5 Å². The summed E-state index contributed by atoms with van der Waals surface area (Å²) in [4.78, 5) is 32.3. The fourth-order valence-electron chi connectivity index (χ4n) is 7.92. The summed E-state index contributed by atoms with van der Waals surface area (Å²) in [6.07, 6.45) is 1.34. The van der Waals surface area contributed by atoms with Gasteiger partial charge in [-0.2, -0.15) is 0 Å². The smallest absolute Gasteiger partial charge is 0.239 e. The summed E-state index contributed by atoms with van der Waals surface area (Å²) >= 11 is 0. The number of nitrogen functional groups attached to an aromatic ring is 3. The predicted octanol–water partition coefficient (Wildman–Crippen LogP) is 3.36. The topological polar surface area (TPSA) is 207 Å². The monoisotopic (exact) mass is 711 g/mol. The van der Waals surface area contributed by atoms with E-state index in [4.69, 9.17) is 36.9 Å². The van der Waals surface area contributed by atoms with E-state index in [0.717, 1.165) is 16.7 Å². The minimum atomic E-state index is -0.623. The van der Waals surface area contributed by atoms with Crippen molar-refractivity contribution in [3.05, 3.63) is 98.4 Å². The van der Waals surface area contributed by atoms with E-state index in [-0.39, 0.29) is 29.8 Å². The van der Waals surface area contributed by atoms with Crippen molar-refractivity contribution in [2.75, 3.05) is 90.6 Å². The predicted molar refractivity (Wildman–Crippen MR) is 200 cm³/mol. The van der Waals surface area contributed by atoms with Crippen LogP contribution in [0.5, 0.6) is 0 Å². The molecule has 0 radical (unpaired) electrons. The third-order valence-electron chi connectivity index (χ3n) is 10.6. The van der Waals surface area contributed by atoms with E-state index in [0.29, 0.717) is 95.6 Å². The zero-order chi connectivity index (χ0) is 36.8. The molecule has 14 nitrogen and oxygen atoms in total. The van der Waals surface area contributed by atoms with Crippen molar-refractivity contribution < 1.29 is 23.8 Å². The molecule has 7 N–H and O–H groups in total. The Bertz CT molecular complexity index is 1700. The highest BCUT2D eigenvalue weighted by atomic mass is 16.5. The number of anilines is 3. The molecule has 1 heterocycles. The van der Waals surface area contributed by atoms with E-state index in [1.165, 1.54) is 16.7 Å². The molecule has 52 heavy (non-hydrogen) atoms. The van der Waals surface area contributed by atoms with Gasteiger partial charge in [-0.1, -0.05) is 23.3 Å². The number of nitrogens with zero attached hydrogens (tertiary/aromatic N) is 5. The third kappa shape index (κ3) is 7.52. The number of carbonyl (C=O) groups excluding carboxylic acids is 2. The first-order chi connectivity index (χ1) is 25.1. The number of hydrogen-bond donors (Lipinski definition) is 4. The van der Waals surface area contributed by atoms with Crippen molar-refractivity contribution in [1.29, 1.82) is 0 Å². The van der Waals surface area contributed by atoms with E-state index in [1.807, 2.05) is 18.2 Å². The van der Waals surface area contributed by atoms with E-state index >= 15 is 0 Å². The molecule has 2 atom stereocenters. The average Bonchev–Trinajstić information content (AvgIpc) is 3.61. The molecule has 7 rings (SSSR count). The number of likely N-dealkylation sites (N-methyl/N-ethyl adjacent to an activating group) is 2. The van der Waals surface area contributed by atoms with Crippen LogP contribution in [0.3, 0.4) is 0 Å². The van der Waals surface area contributed by atoms with Crippen molar-refractivity contribution in [1.82, 2.24) is 15.1 Å². The fraction of sp³-hybridized carbons (Fsp3) is 0.474. The summed E-state index contributed by atoms with van der Waals surface area (Å²) in [5.41, 5.74) is 36.0. The molecular weight excluding hydrogens is 662 g/mol. The molecule has 1 unspecified atom stereocenters. The fourth-order valence-corrected chi connectivity index (χ4v) is 7.92. The van der Waals surface area contributed by atoms with Crippen molar-refractivity contribution >= 4 is 28.9 Å². The minimum absolute atomic E-state index is 0.0182. The normalized spacial score (nSPS) is 20.8. The molecule has 3 aromatic rings. The number of rotatable bonds is 17. The zero-order valence-corrected chi connectivity index (χ0v) is 29.9. The summed E-state index contributed by atoms with van der Waals surface area (Å²) in [7, 11) is 3.53. The first-order valence-electron chi connectivity index (χ1n) is 17.8. The molecule has 1 aliphatic heterocycles. The van der Waals surface area contributed by atoms with Gasteiger partial charge in [0.05, 0.1) is 51.7 Å². The molecule has 2 bridgehead atoms. The zero-order valence-electron chi connectivity index (χ0n) is 29.9. The number of benzene rings is 3. The molecule has 0 saturated carbocycles. The van der Waals surface area contributed by atoms with Gasteiger partial charge >= 0.3 is 0 Å². The number of hydrogen-bond acceptors (Lipinski definition) is 10. The standard InChI is InChI=1S/C38H49N9O5/c1-46(11-13-50-15-17-52-18-16-51-14-12-47(2)37(49)34-22-27(23-43-34)44-45-42)35(48)9-10-38-31-19-24(39)3-6-28(31)36(29-7-4-25(40)20-32(29)38)30-8-5-26(41)21-33(30)38/h3-8,19-21,27,34,36,43H,9-18,22-23,39-41H2,1-2H3/t27?,34-,36?,38?/m0/s1. The number of azide groups is 1. The van der Waals surface area contributed by atoms with Crippen LogP contribution in [0, 0.1) is 0 Å². The molecule has 276 valence electrons. The summed E-state index contributed by atoms with van der Waals surface area (Å²) in [5, 5.41) is 6.78. The molecule has 2 amide bonds. The van der Waals surface area contributed by atoms with Crippen molar-refractivity contribution in [3.8, 4) is 0 Å². The number of amides is 2. The van der Waals surface area contributed by atoms with Crippen LogP contribution < -0.4 is 22.5 Å². The highest BCUT2D eigenvalue weighted by molar-refractivity contribution is 5.82. The maximum Gasteiger partial charge on any atom is 0.239 e. The Labute approximate surface area is 304 Å². The lowest BCUT2D eigenvalue weighted by atomic mass is 9.51. The molecule has 1 fully saturated rings. The van der Waals surface area contributed by atoms with Crippen molar-refractivity contribution in [3.63, 3.8) is 0 Å². The van der Waals surface area contributed by atoms with Crippen LogP contribution in [-0.2, 0) is 29.2 Å². The van der Waals surface area contributed by atoms with E-state index in [2.05, 4.69) is 51.7 Å². The average molecular weight is 712 g/mol. The van der Waals surface area contributed by atoms with Crippen molar-refractivity contribution in [2.45, 2.75) is 42.7 Å². The lowest BCUT2D eigenvalue weighted by Crippen LogP contribution is -2.43. The van der Waals surface area contributed by atoms with Crippen LogP contribution in [0.15, 0.2) is 59.7 Å². The maximum atomic E-state index is 13.6. The van der Waals surface area contributed by atoms with Gasteiger partial charge in [0.15, 0.2) is 0 Å². The summed E-state index contributed by atoms with van der Waals surface area (Å²) in [6.45, 7) is 3.76. The first-order valence-corrected chi connectivity index (χ1v) is 17.8. The van der Waals surface area contributed by atoms with Gasteiger partial charge in [-0.05, 0) is 88.2 Å². The van der Waals surface area contributed by atoms with E-state index in [9.17, 15) is 9.59 Å². The minimum Gasteiger partial charge on any atom is -0.399 e. The second-order valence-electron chi connectivity index (χ2n) is 13.8. The second-order valence-corrected chi connectivity index (χ2v) is 13.8. The van der Waals surface area contributed by atoms with Gasteiger partial charge in [-0.25, -0.2) is 0 Å². The Balaban J connectivity index is 0.931. The maximum absolute atomic E-state index is 13.6. The van der Waals surface area contributed by atoms with Gasteiger partial charge in [0.2, 0.25) is 11.8 Å². The molecule has 0 aromatic heterocycles. The van der Waals surface area contributed by atoms with Crippen LogP contribution >= 0.6 is 0 Å². The Morgan fingerprint density at radius 2 is 1.29 bits per heavy atom. The third-order valence-corrected chi connectivity index (χ3v) is 10.6. The highest BCUT2D eigenvalue weighted by Crippen LogP contribution is 2.61. The Morgan fingerprint density at radius 3 is 1.79 bits per heavy atom. The van der Waals surface area contributed by atoms with E-state index < -0.39 is 5.41 Å². The SMILES string of the molecule is CN(CCOCCOCCOCCN(C)C(=O)[C@@H]1CC(N=[N+]=[N-])CN1)C(=O)CCC12c3cc(N)ccc3C(c3ccc(N)cc31)c1ccc(N)cc12. The molecule has 0 spiro atoms. The summed E-state index contributed by atoms with van der Waals surface area (Å²) in [5.74, 6) is 0.0195. The Kier molecular flexibility index (Phi) is 11.5. The van der Waals surface area contributed by atoms with Crippen LogP contribution in [-0.4, -0.2) is 107 Å². The number of ether oxygens (including phenoxy) is 3. The first kappa shape index (κ1) is 36.9. The van der Waals surface area contributed by atoms with Crippen LogP contribution in [0.4, 0.5) is 17.1 Å². The van der Waals surface area contributed by atoms with Gasteiger partial charge in [0.25, 0.3) is 0 Å². The van der Waals surface area contributed by atoms with E-state index in [1.54, 1.807) is 23.9 Å². The van der Waals surface area contributed by atoms with Gasteiger partial charge in [0, 0.05) is 73.5 Å². The molecule has 3 aliphatic carbocycles. The number of nitrogens with two attached hydrogens (primary N) is 3. The van der Waals surface area contributed by atoms with Crippen LogP contribution in [0.1, 0.15) is 58.6 Å². The molecule has 14 heteroatoms. The quantitative estimate of drug-likeness (QED) is 0.0532. The van der Waals surface area contributed by atoms with Crippen LogP contribution in [0.2, 0.25) is 0 Å². The summed E-state index contributed by atoms with van der Waals surface area (Å²) < 4.78 is 17.0.